The van der Waals surface area contributed by atoms with E-state index in [4.69, 9.17) is 5.11 Å². The molecule has 0 aromatic heterocycles. The largest absolute Gasteiger partial charge is 0.478 e. The molecule has 2 N–H and O–H groups in total. The molecule has 0 atom stereocenters. The van der Waals surface area contributed by atoms with Crippen molar-refractivity contribution in [1.82, 2.24) is 0 Å². The molecule has 3 heteroatoms. The van der Waals surface area contributed by atoms with Crippen molar-refractivity contribution in [1.29, 1.82) is 0 Å². The Morgan fingerprint density at radius 3 is 2.60 bits per heavy atom. The van der Waals surface area contributed by atoms with Crippen molar-refractivity contribution in [2.24, 2.45) is 0 Å². The van der Waals surface area contributed by atoms with Gasteiger partial charge in [0.05, 0.1) is 5.56 Å². The Morgan fingerprint density at radius 1 is 1.40 bits per heavy atom. The Morgan fingerprint density at radius 2 is 2.07 bits per heavy atom. The number of allylic oxidation sites excluding steroid dienone is 1. The van der Waals surface area contributed by atoms with Crippen molar-refractivity contribution in [3.8, 4) is 0 Å². The van der Waals surface area contributed by atoms with Crippen LogP contribution in [0.15, 0.2) is 36.4 Å². The minimum Gasteiger partial charge on any atom is -0.478 e. The Hall–Kier alpha value is -1.77. The summed E-state index contributed by atoms with van der Waals surface area (Å²) < 4.78 is 0. The number of hydrogen-bond donors (Lipinski definition) is 2. The molecule has 80 valence electrons. The van der Waals surface area contributed by atoms with E-state index in [1.165, 1.54) is 0 Å². The second-order valence-electron chi connectivity index (χ2n) is 3.17. The second kappa shape index (κ2) is 5.86. The van der Waals surface area contributed by atoms with Crippen LogP contribution in [-0.2, 0) is 0 Å². The van der Waals surface area contributed by atoms with Crippen LogP contribution in [0.5, 0.6) is 0 Å². The summed E-state index contributed by atoms with van der Waals surface area (Å²) in [5.41, 5.74) is 1.26. The van der Waals surface area contributed by atoms with Gasteiger partial charge in [0.2, 0.25) is 0 Å². The van der Waals surface area contributed by atoms with E-state index in [1.54, 1.807) is 24.3 Å². The summed E-state index contributed by atoms with van der Waals surface area (Å²) in [6.07, 6.45) is 5.06. The van der Waals surface area contributed by atoms with Gasteiger partial charge in [-0.15, -0.1) is 0 Å². The molecule has 1 aromatic carbocycles. The van der Waals surface area contributed by atoms with Gasteiger partial charge in [0.25, 0.3) is 0 Å². The Labute approximate surface area is 89.4 Å². The summed E-state index contributed by atoms with van der Waals surface area (Å²) in [5.74, 6) is -0.893. The number of carboxylic acid groups (broad SMARTS) is 1. The Kier molecular flexibility index (Phi) is 4.41. The van der Waals surface area contributed by atoms with Crippen LogP contribution in [0.3, 0.4) is 0 Å². The highest BCUT2D eigenvalue weighted by molar-refractivity contribution is 5.87. The number of carboxylic acids is 1. The number of aromatic carboxylic acids is 1. The molecule has 0 saturated heterocycles. The molecule has 0 bridgehead atoms. The molecule has 0 radical (unpaired) electrons. The molecule has 15 heavy (non-hydrogen) atoms. The van der Waals surface area contributed by atoms with E-state index in [0.29, 0.717) is 5.56 Å². The quantitative estimate of drug-likeness (QED) is 0.574. The molecular formula is C12H15NO2. The molecule has 0 amide bonds. The van der Waals surface area contributed by atoms with Crippen LogP contribution in [0, 0.1) is 0 Å². The monoisotopic (exact) mass is 205 g/mol. The van der Waals surface area contributed by atoms with Gasteiger partial charge in [-0.25, -0.2) is 4.79 Å². The maximum Gasteiger partial charge on any atom is 0.335 e. The third kappa shape index (κ3) is 3.85. The van der Waals surface area contributed by atoms with E-state index in [0.717, 1.165) is 18.7 Å². The van der Waals surface area contributed by atoms with Gasteiger partial charge in [-0.2, -0.15) is 0 Å². The summed E-state index contributed by atoms with van der Waals surface area (Å²) in [6, 6.07) is 6.75. The number of rotatable bonds is 5. The van der Waals surface area contributed by atoms with Gasteiger partial charge >= 0.3 is 5.97 Å². The van der Waals surface area contributed by atoms with Crippen LogP contribution >= 0.6 is 0 Å². The zero-order chi connectivity index (χ0) is 11.1. The smallest absolute Gasteiger partial charge is 0.335 e. The highest BCUT2D eigenvalue weighted by Crippen LogP contribution is 2.09. The lowest BCUT2D eigenvalue weighted by atomic mass is 10.2. The van der Waals surface area contributed by atoms with Gasteiger partial charge in [-0.05, 0) is 37.6 Å². The van der Waals surface area contributed by atoms with Gasteiger partial charge in [0.15, 0.2) is 0 Å². The summed E-state index contributed by atoms with van der Waals surface area (Å²) >= 11 is 0. The first-order valence-corrected chi connectivity index (χ1v) is 4.92. The van der Waals surface area contributed by atoms with Crippen LogP contribution in [0.25, 0.3) is 0 Å². The Balaban J connectivity index is 2.46. The average molecular weight is 205 g/mol. The van der Waals surface area contributed by atoms with Crippen molar-refractivity contribution >= 4 is 11.7 Å². The van der Waals surface area contributed by atoms with Crippen molar-refractivity contribution < 1.29 is 9.90 Å². The van der Waals surface area contributed by atoms with Gasteiger partial charge in [0.1, 0.15) is 0 Å². The second-order valence-corrected chi connectivity index (χ2v) is 3.17. The van der Waals surface area contributed by atoms with Gasteiger partial charge < -0.3 is 10.4 Å². The van der Waals surface area contributed by atoms with Crippen molar-refractivity contribution in [3.05, 3.63) is 42.0 Å². The number of benzene rings is 1. The highest BCUT2D eigenvalue weighted by atomic mass is 16.4. The lowest BCUT2D eigenvalue weighted by Crippen LogP contribution is -2.01. The van der Waals surface area contributed by atoms with Crippen LogP contribution < -0.4 is 5.32 Å². The van der Waals surface area contributed by atoms with E-state index in [1.807, 2.05) is 13.0 Å². The molecule has 1 aromatic rings. The molecule has 0 saturated carbocycles. The van der Waals surface area contributed by atoms with Crippen LogP contribution in [0.1, 0.15) is 23.7 Å². The van der Waals surface area contributed by atoms with E-state index in [9.17, 15) is 4.79 Å². The number of hydrogen-bond acceptors (Lipinski definition) is 2. The summed E-state index contributed by atoms with van der Waals surface area (Å²) in [5, 5.41) is 11.9. The van der Waals surface area contributed by atoms with E-state index >= 15 is 0 Å². The molecule has 0 fully saturated rings. The first kappa shape index (κ1) is 11.3. The van der Waals surface area contributed by atoms with E-state index in [2.05, 4.69) is 11.4 Å². The molecule has 1 rings (SSSR count). The zero-order valence-corrected chi connectivity index (χ0v) is 8.73. The van der Waals surface area contributed by atoms with Crippen LogP contribution in [0.2, 0.25) is 0 Å². The minimum absolute atomic E-state index is 0.314. The van der Waals surface area contributed by atoms with E-state index < -0.39 is 5.97 Å². The summed E-state index contributed by atoms with van der Waals surface area (Å²) in [6.45, 7) is 2.85. The molecule has 0 spiro atoms. The first-order chi connectivity index (χ1) is 7.24. The molecule has 3 nitrogen and oxygen atoms in total. The fourth-order valence-electron chi connectivity index (χ4n) is 1.20. The molecule has 0 aliphatic carbocycles. The maximum atomic E-state index is 10.6. The van der Waals surface area contributed by atoms with Crippen molar-refractivity contribution in [3.63, 3.8) is 0 Å². The lowest BCUT2D eigenvalue weighted by molar-refractivity contribution is 0.0697. The van der Waals surface area contributed by atoms with Crippen molar-refractivity contribution in [2.45, 2.75) is 13.3 Å². The van der Waals surface area contributed by atoms with Gasteiger partial charge in [-0.3, -0.25) is 0 Å². The molecule has 0 aliphatic heterocycles. The normalized spacial score (nSPS) is 10.5. The SMILES string of the molecule is C/C=C/CCNc1ccc(C(=O)O)cc1. The fraction of sp³-hybridized carbons (Fsp3) is 0.250. The molecular weight excluding hydrogens is 190 g/mol. The summed E-state index contributed by atoms with van der Waals surface area (Å²) in [4.78, 5) is 10.6. The van der Waals surface area contributed by atoms with Gasteiger partial charge in [0, 0.05) is 12.2 Å². The number of carbonyl (C=O) groups is 1. The summed E-state index contributed by atoms with van der Waals surface area (Å²) in [7, 11) is 0. The predicted molar refractivity (Wildman–Crippen MR) is 61.3 cm³/mol. The topological polar surface area (TPSA) is 49.3 Å². The first-order valence-electron chi connectivity index (χ1n) is 4.92. The highest BCUT2D eigenvalue weighted by Gasteiger charge is 2.00. The molecule has 0 unspecified atom stereocenters. The minimum atomic E-state index is -0.893. The van der Waals surface area contributed by atoms with E-state index in [-0.39, 0.29) is 0 Å². The lowest BCUT2D eigenvalue weighted by Gasteiger charge is -2.04. The fourth-order valence-corrected chi connectivity index (χ4v) is 1.20. The zero-order valence-electron chi connectivity index (χ0n) is 8.73. The van der Waals surface area contributed by atoms with Crippen LogP contribution in [0.4, 0.5) is 5.69 Å². The molecule has 0 heterocycles. The Bertz CT molecular complexity index is 341. The van der Waals surface area contributed by atoms with Crippen LogP contribution in [-0.4, -0.2) is 17.6 Å². The average Bonchev–Trinajstić information content (AvgIpc) is 2.25. The standard InChI is InChI=1S/C12H15NO2/c1-2-3-4-9-13-11-7-5-10(6-8-11)12(14)15/h2-3,5-8,13H,4,9H2,1H3,(H,14,15)/b3-2+. The number of anilines is 1. The van der Waals surface area contributed by atoms with Gasteiger partial charge in [-0.1, -0.05) is 12.2 Å². The van der Waals surface area contributed by atoms with Crippen molar-refractivity contribution in [2.75, 3.05) is 11.9 Å². The molecule has 0 aliphatic rings. The maximum absolute atomic E-state index is 10.6. The third-order valence-corrected chi connectivity index (χ3v) is 2.01. The predicted octanol–water partition coefficient (Wildman–Crippen LogP) is 2.76. The number of nitrogens with one attached hydrogen (secondary N) is 1. The third-order valence-electron chi connectivity index (χ3n) is 2.01.